The summed E-state index contributed by atoms with van der Waals surface area (Å²) in [7, 11) is 1.89. The predicted octanol–water partition coefficient (Wildman–Crippen LogP) is 0.760. The van der Waals surface area contributed by atoms with Crippen molar-refractivity contribution in [2.45, 2.75) is 19.6 Å². The van der Waals surface area contributed by atoms with Crippen molar-refractivity contribution >= 4 is 17.2 Å². The zero-order chi connectivity index (χ0) is 16.9. The highest BCUT2D eigenvalue weighted by Crippen LogP contribution is 2.21. The van der Waals surface area contributed by atoms with E-state index in [0.717, 1.165) is 49.0 Å². The lowest BCUT2D eigenvalue weighted by Gasteiger charge is -2.24. The highest BCUT2D eigenvalue weighted by molar-refractivity contribution is 5.61. The third kappa shape index (κ3) is 4.02. The Bertz CT molecular complexity index is 681. The van der Waals surface area contributed by atoms with Crippen LogP contribution in [0.3, 0.4) is 0 Å². The van der Waals surface area contributed by atoms with Crippen molar-refractivity contribution in [3.63, 3.8) is 0 Å². The van der Waals surface area contributed by atoms with Crippen molar-refractivity contribution in [1.29, 1.82) is 0 Å². The molecule has 1 saturated heterocycles. The van der Waals surface area contributed by atoms with Gasteiger partial charge in [-0.3, -0.25) is 0 Å². The Hall–Kier alpha value is -2.16. The number of hydrogen-bond donors (Lipinski definition) is 4. The molecule has 2 aromatic heterocycles. The minimum atomic E-state index is -0.0000140. The number of aromatic nitrogens is 3. The molecular formula is C16H24N6O2. The maximum Gasteiger partial charge on any atom is 0.155 e. The quantitative estimate of drug-likeness (QED) is 0.620. The van der Waals surface area contributed by atoms with Gasteiger partial charge >= 0.3 is 0 Å². The average molecular weight is 332 g/mol. The molecule has 3 heterocycles. The van der Waals surface area contributed by atoms with Crippen LogP contribution in [0.25, 0.3) is 0 Å². The van der Waals surface area contributed by atoms with E-state index >= 15 is 0 Å². The van der Waals surface area contributed by atoms with Gasteiger partial charge in [0.25, 0.3) is 0 Å². The van der Waals surface area contributed by atoms with Crippen LogP contribution in [0.1, 0.15) is 11.4 Å². The van der Waals surface area contributed by atoms with Gasteiger partial charge in [-0.2, -0.15) is 5.10 Å². The maximum atomic E-state index is 9.27. The maximum absolute atomic E-state index is 9.27. The summed E-state index contributed by atoms with van der Waals surface area (Å²) in [5.74, 6) is 0.654. The lowest BCUT2D eigenvalue weighted by molar-refractivity contribution is 0.0372. The Morgan fingerprint density at radius 1 is 1.42 bits per heavy atom. The number of morpholine rings is 1. The summed E-state index contributed by atoms with van der Waals surface area (Å²) >= 11 is 0. The molecule has 1 aliphatic heterocycles. The van der Waals surface area contributed by atoms with Crippen molar-refractivity contribution < 1.29 is 9.84 Å². The molecule has 1 atom stereocenters. The third-order valence-electron chi connectivity index (χ3n) is 4.05. The molecule has 8 nitrogen and oxygen atoms in total. The van der Waals surface area contributed by atoms with Gasteiger partial charge in [-0.05, 0) is 13.0 Å². The van der Waals surface area contributed by atoms with Gasteiger partial charge in [0.2, 0.25) is 0 Å². The summed E-state index contributed by atoms with van der Waals surface area (Å²) in [5, 5.41) is 27.6. The molecule has 3 rings (SSSR count). The summed E-state index contributed by atoms with van der Waals surface area (Å²) in [6.45, 7) is 5.15. The molecule has 130 valence electrons. The van der Waals surface area contributed by atoms with Crippen LogP contribution in [0.15, 0.2) is 18.3 Å². The number of anilines is 3. The van der Waals surface area contributed by atoms with Crippen LogP contribution in [-0.4, -0.2) is 52.2 Å². The Morgan fingerprint density at radius 2 is 2.29 bits per heavy atom. The monoisotopic (exact) mass is 332 g/mol. The first kappa shape index (κ1) is 16.7. The van der Waals surface area contributed by atoms with E-state index in [-0.39, 0.29) is 12.7 Å². The standard InChI is InChI=1S/C16H24N6O2/c1-11-15(18-8-14-7-17-3-4-24-14)6-16(21-20-11)19-12-5-13(10-23)22(2)9-12/h5-6,9,14,17,23H,3-4,7-8,10H2,1-2H3,(H2,18,19,21)/t14-/m0/s1. The minimum Gasteiger partial charge on any atom is -0.390 e. The largest absolute Gasteiger partial charge is 0.390 e. The van der Waals surface area contributed by atoms with E-state index < -0.39 is 0 Å². The summed E-state index contributed by atoms with van der Waals surface area (Å²) in [4.78, 5) is 0. The molecule has 0 bridgehead atoms. The Balaban J connectivity index is 1.66. The Labute approximate surface area is 141 Å². The molecule has 1 aliphatic rings. The topological polar surface area (TPSA) is 96.3 Å². The van der Waals surface area contributed by atoms with Gasteiger partial charge < -0.3 is 30.4 Å². The first-order valence-corrected chi connectivity index (χ1v) is 8.09. The van der Waals surface area contributed by atoms with E-state index in [2.05, 4.69) is 26.1 Å². The second kappa shape index (κ2) is 7.61. The van der Waals surface area contributed by atoms with Gasteiger partial charge in [0, 0.05) is 44.6 Å². The van der Waals surface area contributed by atoms with Gasteiger partial charge in [0.1, 0.15) is 0 Å². The number of nitrogens with one attached hydrogen (secondary N) is 3. The molecule has 0 amide bonds. The van der Waals surface area contributed by atoms with E-state index in [9.17, 15) is 5.11 Å². The average Bonchev–Trinajstić information content (AvgIpc) is 2.95. The Morgan fingerprint density at radius 3 is 3.00 bits per heavy atom. The van der Waals surface area contributed by atoms with E-state index in [1.807, 2.05) is 36.9 Å². The minimum absolute atomic E-state index is 0.0000140. The molecule has 1 fully saturated rings. The van der Waals surface area contributed by atoms with E-state index in [0.29, 0.717) is 5.82 Å². The zero-order valence-electron chi connectivity index (χ0n) is 14.0. The normalized spacial score (nSPS) is 17.7. The molecule has 24 heavy (non-hydrogen) atoms. The fourth-order valence-electron chi connectivity index (χ4n) is 2.65. The van der Waals surface area contributed by atoms with Crippen molar-refractivity contribution in [2.24, 2.45) is 7.05 Å². The molecule has 0 saturated carbocycles. The van der Waals surface area contributed by atoms with Gasteiger partial charge in [-0.25, -0.2) is 0 Å². The van der Waals surface area contributed by atoms with E-state index in [4.69, 9.17) is 4.74 Å². The van der Waals surface area contributed by atoms with Crippen LogP contribution in [0.4, 0.5) is 17.2 Å². The second-order valence-electron chi connectivity index (χ2n) is 5.92. The fourth-order valence-corrected chi connectivity index (χ4v) is 2.65. The Kier molecular flexibility index (Phi) is 5.29. The van der Waals surface area contributed by atoms with Crippen LogP contribution < -0.4 is 16.0 Å². The molecular weight excluding hydrogens is 308 g/mol. The number of aryl methyl sites for hydroxylation is 2. The lowest BCUT2D eigenvalue weighted by Crippen LogP contribution is -2.42. The first-order chi connectivity index (χ1) is 11.7. The zero-order valence-corrected chi connectivity index (χ0v) is 14.0. The SMILES string of the molecule is Cc1nnc(Nc2cc(CO)n(C)c2)cc1NC[C@@H]1CNCCO1. The second-order valence-corrected chi connectivity index (χ2v) is 5.92. The smallest absolute Gasteiger partial charge is 0.155 e. The third-order valence-corrected chi connectivity index (χ3v) is 4.05. The number of aliphatic hydroxyl groups excluding tert-OH is 1. The molecule has 0 unspecified atom stereocenters. The summed E-state index contributed by atoms with van der Waals surface area (Å²) in [6, 6.07) is 3.82. The van der Waals surface area contributed by atoms with Crippen molar-refractivity contribution in [1.82, 2.24) is 20.1 Å². The number of nitrogens with zero attached hydrogens (tertiary/aromatic N) is 3. The highest BCUT2D eigenvalue weighted by atomic mass is 16.5. The van der Waals surface area contributed by atoms with Crippen LogP contribution in [-0.2, 0) is 18.4 Å². The molecule has 0 spiro atoms. The van der Waals surface area contributed by atoms with Gasteiger partial charge in [0.05, 0.1) is 36.4 Å². The molecule has 0 aromatic carbocycles. The number of hydrogen-bond acceptors (Lipinski definition) is 7. The van der Waals surface area contributed by atoms with Crippen LogP contribution in [0.5, 0.6) is 0 Å². The van der Waals surface area contributed by atoms with E-state index in [1.165, 1.54) is 0 Å². The van der Waals surface area contributed by atoms with Crippen LogP contribution in [0, 0.1) is 6.92 Å². The fraction of sp³-hybridized carbons (Fsp3) is 0.500. The molecule has 4 N–H and O–H groups in total. The van der Waals surface area contributed by atoms with Crippen molar-refractivity contribution in [3.05, 3.63) is 29.7 Å². The number of ether oxygens (including phenoxy) is 1. The van der Waals surface area contributed by atoms with Gasteiger partial charge in [0.15, 0.2) is 5.82 Å². The molecule has 0 radical (unpaired) electrons. The van der Waals surface area contributed by atoms with Crippen LogP contribution >= 0.6 is 0 Å². The van der Waals surface area contributed by atoms with Crippen molar-refractivity contribution in [3.8, 4) is 0 Å². The molecule has 8 heteroatoms. The van der Waals surface area contributed by atoms with Gasteiger partial charge in [-0.1, -0.05) is 0 Å². The summed E-state index contributed by atoms with van der Waals surface area (Å²) < 4.78 is 7.56. The van der Waals surface area contributed by atoms with E-state index in [1.54, 1.807) is 0 Å². The lowest BCUT2D eigenvalue weighted by atomic mass is 10.2. The molecule has 0 aliphatic carbocycles. The summed E-state index contributed by atoms with van der Waals surface area (Å²) in [6.07, 6.45) is 2.06. The first-order valence-electron chi connectivity index (χ1n) is 8.09. The highest BCUT2D eigenvalue weighted by Gasteiger charge is 2.14. The van der Waals surface area contributed by atoms with Crippen LogP contribution in [0.2, 0.25) is 0 Å². The molecule has 2 aromatic rings. The van der Waals surface area contributed by atoms with Gasteiger partial charge in [-0.15, -0.1) is 5.10 Å². The number of aliphatic hydroxyl groups is 1. The summed E-state index contributed by atoms with van der Waals surface area (Å²) in [5.41, 5.74) is 3.47. The number of rotatable bonds is 6. The predicted molar refractivity (Wildman–Crippen MR) is 92.5 cm³/mol. The van der Waals surface area contributed by atoms with Crippen molar-refractivity contribution in [2.75, 3.05) is 36.9 Å².